The van der Waals surface area contributed by atoms with Gasteiger partial charge in [-0.1, -0.05) is 124 Å². The van der Waals surface area contributed by atoms with E-state index in [0.29, 0.717) is 6.54 Å². The third-order valence-electron chi connectivity index (χ3n) is 8.75. The fourth-order valence-corrected chi connectivity index (χ4v) is 7.24. The number of hydrogen-bond donors (Lipinski definition) is 2. The molecular formula is C38H61KN2O8S2. The summed E-state index contributed by atoms with van der Waals surface area (Å²) in [7, 11) is -6.59. The van der Waals surface area contributed by atoms with Crippen LogP contribution in [0.1, 0.15) is 132 Å². The average Bonchev–Trinajstić information content (AvgIpc) is 3.06. The minimum absolute atomic E-state index is 0. The zero-order valence-electron chi connectivity index (χ0n) is 32.8. The zero-order valence-corrected chi connectivity index (χ0v) is 36.5. The molecule has 51 heavy (non-hydrogen) atoms. The fraction of sp³-hybridized carbons (Fsp3) is 0.632. The summed E-state index contributed by atoms with van der Waals surface area (Å²) in [5.41, 5.74) is -0.762. The van der Waals surface area contributed by atoms with Crippen LogP contribution in [0.4, 0.5) is 5.69 Å². The van der Waals surface area contributed by atoms with Crippen molar-refractivity contribution in [2.45, 2.75) is 146 Å². The number of anilines is 1. The Labute approximate surface area is 352 Å². The Morgan fingerprint density at radius 2 is 1.14 bits per heavy atom. The van der Waals surface area contributed by atoms with Crippen molar-refractivity contribution in [1.82, 2.24) is 4.31 Å². The molecule has 0 fully saturated rings. The molecule has 0 aliphatic rings. The first-order chi connectivity index (χ1) is 23.6. The maximum atomic E-state index is 13.2. The van der Waals surface area contributed by atoms with Gasteiger partial charge in [-0.2, -0.15) is 8.42 Å². The van der Waals surface area contributed by atoms with Gasteiger partial charge in [0, 0.05) is 24.7 Å². The van der Waals surface area contributed by atoms with Gasteiger partial charge in [-0.15, -0.1) is 0 Å². The Bertz CT molecular complexity index is 1530. The van der Waals surface area contributed by atoms with E-state index in [1.807, 2.05) is 0 Å². The van der Waals surface area contributed by atoms with Gasteiger partial charge >= 0.3 is 51.4 Å². The quantitative estimate of drug-likeness (QED) is 0.0546. The van der Waals surface area contributed by atoms with Crippen molar-refractivity contribution in [2.75, 3.05) is 18.9 Å². The first-order valence-electron chi connectivity index (χ1n) is 18.2. The molecule has 2 rings (SSSR count). The van der Waals surface area contributed by atoms with Gasteiger partial charge in [-0.3, -0.25) is 14.1 Å². The normalized spacial score (nSPS) is 12.7. The number of sulfonamides is 1. The van der Waals surface area contributed by atoms with Gasteiger partial charge in [-0.05, 0) is 55.0 Å². The van der Waals surface area contributed by atoms with Crippen LogP contribution >= 0.6 is 0 Å². The topological polar surface area (TPSA) is 147 Å². The number of ketones is 1. The Balaban J connectivity index is 0.0000130. The molecule has 0 aromatic heterocycles. The predicted molar refractivity (Wildman–Crippen MR) is 201 cm³/mol. The molecule has 2 aromatic rings. The van der Waals surface area contributed by atoms with Crippen LogP contribution in [0.5, 0.6) is 5.75 Å². The van der Waals surface area contributed by atoms with Gasteiger partial charge in [0.15, 0.2) is 5.78 Å². The number of unbranched alkanes of at least 4 members (excludes halogenated alkanes) is 15. The van der Waals surface area contributed by atoms with E-state index in [4.69, 9.17) is 4.74 Å². The minimum atomic E-state index is -4.41. The van der Waals surface area contributed by atoms with E-state index < -0.39 is 43.4 Å². The molecule has 0 aliphatic carbocycles. The van der Waals surface area contributed by atoms with Crippen LogP contribution in [0.3, 0.4) is 0 Å². The summed E-state index contributed by atoms with van der Waals surface area (Å²) >= 11 is 0. The second kappa shape index (κ2) is 24.3. The Morgan fingerprint density at radius 1 is 0.725 bits per heavy atom. The van der Waals surface area contributed by atoms with Crippen LogP contribution in [0.25, 0.3) is 0 Å². The molecule has 10 nitrogen and oxygen atoms in total. The molecule has 13 heteroatoms. The van der Waals surface area contributed by atoms with Crippen LogP contribution in [-0.2, 0) is 29.7 Å². The SMILES string of the molecule is CCCCCCCCCCCCCCCCCCN(C)S(=O)(=O)c1ccc(OC(C(=O)Nc2ccc(S(=O)(=O)O)cc2)C(=O)C(C)(C)C)cc1.[H-].[K+]. The molecule has 1 atom stereocenters. The molecular weight excluding hydrogens is 716 g/mol. The molecule has 284 valence electrons. The maximum Gasteiger partial charge on any atom is 1.00 e. The van der Waals surface area contributed by atoms with Crippen molar-refractivity contribution >= 4 is 37.5 Å². The molecule has 0 bridgehead atoms. The third-order valence-corrected chi connectivity index (χ3v) is 11.5. The van der Waals surface area contributed by atoms with Crippen LogP contribution in [0.2, 0.25) is 0 Å². The number of carbonyl (C=O) groups is 2. The van der Waals surface area contributed by atoms with Gasteiger partial charge in [0.1, 0.15) is 5.75 Å². The Morgan fingerprint density at radius 3 is 1.55 bits per heavy atom. The van der Waals surface area contributed by atoms with Gasteiger partial charge in [0.05, 0.1) is 9.79 Å². The summed E-state index contributed by atoms with van der Waals surface area (Å²) in [6.45, 7) is 7.59. The first kappa shape index (κ1) is 47.9. The molecule has 2 N–H and O–H groups in total. The second-order valence-electron chi connectivity index (χ2n) is 14.2. The van der Waals surface area contributed by atoms with E-state index in [9.17, 15) is 31.0 Å². The van der Waals surface area contributed by atoms with Gasteiger partial charge in [-0.25, -0.2) is 12.7 Å². The molecule has 1 amide bonds. The van der Waals surface area contributed by atoms with Crippen molar-refractivity contribution in [1.29, 1.82) is 0 Å². The predicted octanol–water partition coefficient (Wildman–Crippen LogP) is 5.93. The van der Waals surface area contributed by atoms with Crippen LogP contribution < -0.4 is 61.4 Å². The number of ether oxygens (including phenoxy) is 1. The van der Waals surface area contributed by atoms with Crippen molar-refractivity contribution in [3.63, 3.8) is 0 Å². The molecule has 2 aromatic carbocycles. The molecule has 1 unspecified atom stereocenters. The van der Waals surface area contributed by atoms with Gasteiger partial charge in [0.2, 0.25) is 16.1 Å². The molecule has 0 heterocycles. The summed E-state index contributed by atoms with van der Waals surface area (Å²) in [6, 6.07) is 10.4. The first-order valence-corrected chi connectivity index (χ1v) is 21.1. The molecule has 0 spiro atoms. The summed E-state index contributed by atoms with van der Waals surface area (Å²) < 4.78 is 65.4. The number of carbonyl (C=O) groups excluding carboxylic acids is 2. The van der Waals surface area contributed by atoms with Crippen molar-refractivity contribution in [2.24, 2.45) is 5.41 Å². The Hall–Kier alpha value is -1.16. The van der Waals surface area contributed by atoms with Crippen molar-refractivity contribution in [3.8, 4) is 5.75 Å². The van der Waals surface area contributed by atoms with E-state index in [1.54, 1.807) is 27.8 Å². The van der Waals surface area contributed by atoms with E-state index in [-0.39, 0.29) is 74.0 Å². The fourth-order valence-electron chi connectivity index (χ4n) is 5.55. The summed E-state index contributed by atoms with van der Waals surface area (Å²) in [5.74, 6) is -1.18. The number of hydrogen-bond acceptors (Lipinski definition) is 7. The maximum absolute atomic E-state index is 13.2. The molecule has 0 aliphatic heterocycles. The number of amides is 1. The van der Waals surface area contributed by atoms with Crippen LogP contribution in [0.15, 0.2) is 58.3 Å². The van der Waals surface area contributed by atoms with E-state index in [2.05, 4.69) is 12.2 Å². The third kappa shape index (κ3) is 18.1. The smallest absolute Gasteiger partial charge is 1.00 e. The average molecular weight is 777 g/mol. The zero-order chi connectivity index (χ0) is 37.2. The van der Waals surface area contributed by atoms with E-state index in [0.717, 1.165) is 31.4 Å². The summed E-state index contributed by atoms with van der Waals surface area (Å²) in [4.78, 5) is 26.1. The largest absolute Gasteiger partial charge is 1.00 e. The van der Waals surface area contributed by atoms with E-state index in [1.165, 1.54) is 124 Å². The van der Waals surface area contributed by atoms with Crippen molar-refractivity contribution < 1.29 is 88.5 Å². The van der Waals surface area contributed by atoms with Crippen molar-refractivity contribution in [3.05, 3.63) is 48.5 Å². The number of rotatable bonds is 25. The monoisotopic (exact) mass is 776 g/mol. The van der Waals surface area contributed by atoms with E-state index >= 15 is 0 Å². The number of nitrogens with zero attached hydrogens (tertiary/aromatic N) is 1. The molecule has 0 saturated carbocycles. The molecule has 0 radical (unpaired) electrons. The second-order valence-corrected chi connectivity index (χ2v) is 17.7. The summed E-state index contributed by atoms with van der Waals surface area (Å²) in [6.07, 6.45) is 18.5. The van der Waals surface area contributed by atoms with Gasteiger partial charge < -0.3 is 11.5 Å². The minimum Gasteiger partial charge on any atom is -1.00 e. The number of benzene rings is 2. The molecule has 0 saturated heterocycles. The Kier molecular flexibility index (Phi) is 22.8. The summed E-state index contributed by atoms with van der Waals surface area (Å²) in [5, 5.41) is 2.54. The number of nitrogens with one attached hydrogen (secondary N) is 1. The van der Waals surface area contributed by atoms with Crippen LogP contribution in [-0.4, -0.2) is 57.1 Å². The standard InChI is InChI=1S/C38H60N2O8S2.K.H/c1-6-7-8-9-10-11-12-13-14-15-16-17-18-19-20-21-30-40(5)49(43,44)33-28-24-32(25-29-33)48-35(36(41)38(2,3)4)37(42)39-31-22-26-34(27-23-31)50(45,46)47;;/h22-29,35H,6-21,30H2,1-5H3,(H,39,42)(H,45,46,47);;/q;+1;-1. The van der Waals surface area contributed by atoms with Crippen LogP contribution in [0, 0.1) is 5.41 Å². The van der Waals surface area contributed by atoms with Gasteiger partial charge in [0.25, 0.3) is 16.0 Å². The number of Topliss-reactive ketones (excluding diaryl/α,β-unsaturated/α-hetero) is 1.